The van der Waals surface area contributed by atoms with Crippen LogP contribution in [-0.4, -0.2) is 5.91 Å². The van der Waals surface area contributed by atoms with Crippen LogP contribution in [0.5, 0.6) is 0 Å². The van der Waals surface area contributed by atoms with Gasteiger partial charge in [-0.15, -0.1) is 11.3 Å². The summed E-state index contributed by atoms with van der Waals surface area (Å²) in [6, 6.07) is 1.92. The molecule has 0 aliphatic carbocycles. The highest BCUT2D eigenvalue weighted by Gasteiger charge is 2.11. The molecule has 1 rings (SSSR count). The maximum Gasteiger partial charge on any atom is 0.217 e. The van der Waals surface area contributed by atoms with Crippen molar-refractivity contribution in [1.82, 2.24) is 0 Å². The molecular formula is C9H13BrN2OS. The highest BCUT2D eigenvalue weighted by Crippen LogP contribution is 2.31. The molecule has 0 saturated carbocycles. The van der Waals surface area contributed by atoms with Crippen molar-refractivity contribution in [2.45, 2.75) is 25.8 Å². The van der Waals surface area contributed by atoms with Crippen LogP contribution in [0.3, 0.4) is 0 Å². The summed E-state index contributed by atoms with van der Waals surface area (Å²) in [5.41, 5.74) is 11.0. The molecule has 5 heteroatoms. The van der Waals surface area contributed by atoms with Crippen LogP contribution in [0.2, 0.25) is 0 Å². The van der Waals surface area contributed by atoms with E-state index in [1.54, 1.807) is 11.3 Å². The summed E-state index contributed by atoms with van der Waals surface area (Å²) in [7, 11) is 0. The van der Waals surface area contributed by atoms with E-state index < -0.39 is 0 Å². The number of nitrogens with two attached hydrogens (primary N) is 2. The Bertz CT molecular complexity index is 318. The normalized spacial score (nSPS) is 12.8. The Labute approximate surface area is 95.6 Å². The Morgan fingerprint density at radius 1 is 1.71 bits per heavy atom. The quantitative estimate of drug-likeness (QED) is 0.884. The molecule has 0 aliphatic rings. The first kappa shape index (κ1) is 11.7. The number of amides is 1. The molecule has 0 saturated heterocycles. The summed E-state index contributed by atoms with van der Waals surface area (Å²) < 4.78 is 1.08. The van der Waals surface area contributed by atoms with E-state index >= 15 is 0 Å². The van der Waals surface area contributed by atoms with Gasteiger partial charge in [0.2, 0.25) is 5.91 Å². The molecule has 0 aromatic carbocycles. The molecule has 0 fully saturated rings. The number of aryl methyl sites for hydroxylation is 1. The van der Waals surface area contributed by atoms with Gasteiger partial charge >= 0.3 is 0 Å². The molecule has 0 bridgehead atoms. The minimum Gasteiger partial charge on any atom is -0.370 e. The standard InChI is InChI=1S/C9H13BrN2OS/c1-5-6(10)4-8(14-5)7(11)2-3-9(12)13/h4,7H,2-3,11H2,1H3,(H2,12,13). The predicted octanol–water partition coefficient (Wildman–Crippen LogP) is 2.08. The maximum absolute atomic E-state index is 10.6. The van der Waals surface area contributed by atoms with E-state index in [0.29, 0.717) is 12.8 Å². The van der Waals surface area contributed by atoms with Gasteiger partial charge in [-0.2, -0.15) is 0 Å². The van der Waals surface area contributed by atoms with Crippen molar-refractivity contribution in [2.24, 2.45) is 11.5 Å². The number of carbonyl (C=O) groups excluding carboxylic acids is 1. The zero-order valence-electron chi connectivity index (χ0n) is 7.92. The lowest BCUT2D eigenvalue weighted by atomic mass is 10.1. The van der Waals surface area contributed by atoms with Crippen LogP contribution < -0.4 is 11.5 Å². The fourth-order valence-corrected chi connectivity index (χ4v) is 2.70. The first-order valence-electron chi connectivity index (χ1n) is 4.30. The second-order valence-electron chi connectivity index (χ2n) is 3.16. The average Bonchev–Trinajstić information content (AvgIpc) is 2.43. The SMILES string of the molecule is Cc1sc(C(N)CCC(N)=O)cc1Br. The molecule has 1 amide bonds. The first-order valence-corrected chi connectivity index (χ1v) is 5.91. The van der Waals surface area contributed by atoms with Gasteiger partial charge in [0.25, 0.3) is 0 Å². The van der Waals surface area contributed by atoms with Crippen molar-refractivity contribution in [3.05, 3.63) is 20.3 Å². The summed E-state index contributed by atoms with van der Waals surface area (Å²) in [5, 5.41) is 0. The van der Waals surface area contributed by atoms with Crippen LogP contribution in [0.1, 0.15) is 28.6 Å². The number of primary amides is 1. The average molecular weight is 277 g/mol. The van der Waals surface area contributed by atoms with Gasteiger partial charge in [-0.05, 0) is 35.3 Å². The zero-order chi connectivity index (χ0) is 10.7. The maximum atomic E-state index is 10.6. The van der Waals surface area contributed by atoms with Crippen molar-refractivity contribution in [3.8, 4) is 0 Å². The molecule has 1 atom stereocenters. The summed E-state index contributed by atoms with van der Waals surface area (Å²) in [4.78, 5) is 12.9. The summed E-state index contributed by atoms with van der Waals surface area (Å²) >= 11 is 5.08. The lowest BCUT2D eigenvalue weighted by molar-refractivity contribution is -0.118. The fraction of sp³-hybridized carbons (Fsp3) is 0.444. The van der Waals surface area contributed by atoms with E-state index in [2.05, 4.69) is 15.9 Å². The van der Waals surface area contributed by atoms with E-state index in [9.17, 15) is 4.79 Å². The summed E-state index contributed by atoms with van der Waals surface area (Å²) in [6.45, 7) is 2.03. The topological polar surface area (TPSA) is 69.1 Å². The summed E-state index contributed by atoms with van der Waals surface area (Å²) in [5.74, 6) is -0.298. The third-order valence-electron chi connectivity index (χ3n) is 1.94. The first-order chi connectivity index (χ1) is 6.50. The molecule has 4 N–H and O–H groups in total. The molecule has 1 aromatic heterocycles. The largest absolute Gasteiger partial charge is 0.370 e. The Morgan fingerprint density at radius 3 is 2.79 bits per heavy atom. The number of hydrogen-bond donors (Lipinski definition) is 2. The highest BCUT2D eigenvalue weighted by molar-refractivity contribution is 9.10. The second-order valence-corrected chi connectivity index (χ2v) is 5.31. The molecular weight excluding hydrogens is 264 g/mol. The number of rotatable bonds is 4. The van der Waals surface area contributed by atoms with Crippen LogP contribution in [0.4, 0.5) is 0 Å². The van der Waals surface area contributed by atoms with E-state index in [1.807, 2.05) is 13.0 Å². The molecule has 14 heavy (non-hydrogen) atoms. The second kappa shape index (κ2) is 4.91. The monoisotopic (exact) mass is 276 g/mol. The highest BCUT2D eigenvalue weighted by atomic mass is 79.9. The number of thiophene rings is 1. The van der Waals surface area contributed by atoms with Gasteiger partial charge in [-0.3, -0.25) is 4.79 Å². The molecule has 3 nitrogen and oxygen atoms in total. The molecule has 78 valence electrons. The van der Waals surface area contributed by atoms with Gasteiger partial charge in [0.1, 0.15) is 0 Å². The number of carbonyl (C=O) groups is 1. The van der Waals surface area contributed by atoms with Crippen LogP contribution >= 0.6 is 27.3 Å². The molecule has 1 unspecified atom stereocenters. The van der Waals surface area contributed by atoms with Gasteiger partial charge in [0, 0.05) is 26.7 Å². The molecule has 1 heterocycles. The van der Waals surface area contributed by atoms with E-state index in [0.717, 1.165) is 9.35 Å². The molecule has 0 radical (unpaired) electrons. The zero-order valence-corrected chi connectivity index (χ0v) is 10.3. The van der Waals surface area contributed by atoms with Crippen LogP contribution in [0.15, 0.2) is 10.5 Å². The van der Waals surface area contributed by atoms with Crippen LogP contribution in [-0.2, 0) is 4.79 Å². The predicted molar refractivity (Wildman–Crippen MR) is 62.1 cm³/mol. The summed E-state index contributed by atoms with van der Waals surface area (Å²) in [6.07, 6.45) is 0.956. The third-order valence-corrected chi connectivity index (χ3v) is 4.21. The minimum atomic E-state index is -0.298. The van der Waals surface area contributed by atoms with E-state index in [-0.39, 0.29) is 11.9 Å². The van der Waals surface area contributed by atoms with Crippen molar-refractivity contribution in [2.75, 3.05) is 0 Å². The Kier molecular flexibility index (Phi) is 4.10. The Morgan fingerprint density at radius 2 is 2.36 bits per heavy atom. The lowest BCUT2D eigenvalue weighted by Crippen LogP contribution is -2.15. The third kappa shape index (κ3) is 3.08. The Balaban J connectivity index is 2.60. The van der Waals surface area contributed by atoms with Gasteiger partial charge in [-0.25, -0.2) is 0 Å². The van der Waals surface area contributed by atoms with Gasteiger partial charge in [0.05, 0.1) is 0 Å². The molecule has 0 aliphatic heterocycles. The smallest absolute Gasteiger partial charge is 0.217 e. The molecule has 0 spiro atoms. The van der Waals surface area contributed by atoms with Crippen molar-refractivity contribution in [1.29, 1.82) is 0 Å². The van der Waals surface area contributed by atoms with Crippen molar-refractivity contribution in [3.63, 3.8) is 0 Å². The van der Waals surface area contributed by atoms with Crippen molar-refractivity contribution >= 4 is 33.2 Å². The van der Waals surface area contributed by atoms with Gasteiger partial charge in [0.15, 0.2) is 0 Å². The lowest BCUT2D eigenvalue weighted by Gasteiger charge is -2.06. The molecule has 1 aromatic rings. The van der Waals surface area contributed by atoms with Crippen LogP contribution in [0.25, 0.3) is 0 Å². The van der Waals surface area contributed by atoms with Crippen LogP contribution in [0, 0.1) is 6.92 Å². The Hall–Kier alpha value is -0.390. The van der Waals surface area contributed by atoms with Crippen molar-refractivity contribution < 1.29 is 4.79 Å². The fourth-order valence-electron chi connectivity index (χ4n) is 1.10. The van der Waals surface area contributed by atoms with E-state index in [4.69, 9.17) is 11.5 Å². The number of hydrogen-bond acceptors (Lipinski definition) is 3. The van der Waals surface area contributed by atoms with Gasteiger partial charge < -0.3 is 11.5 Å². The van der Waals surface area contributed by atoms with E-state index in [1.165, 1.54) is 4.88 Å². The minimum absolute atomic E-state index is 0.0856. The van der Waals surface area contributed by atoms with Gasteiger partial charge in [-0.1, -0.05) is 0 Å². The number of halogens is 1.